The first-order valence-electron chi connectivity index (χ1n) is 5.43. The van der Waals surface area contributed by atoms with Crippen molar-refractivity contribution in [3.8, 4) is 0 Å². The number of hydrogen-bond acceptors (Lipinski definition) is 1. The van der Waals surface area contributed by atoms with Crippen LogP contribution in [0.3, 0.4) is 0 Å². The molecule has 80 valence electrons. The molecule has 0 unspecified atom stereocenters. The molecule has 0 amide bonds. The molecule has 1 N–H and O–H groups in total. The number of hydrogen-bond donors (Lipinski definition) is 1. The van der Waals surface area contributed by atoms with Gasteiger partial charge in [0, 0.05) is 17.8 Å². The minimum absolute atomic E-state index is 0.974. The Labute approximate surface area is 91.0 Å². The van der Waals surface area contributed by atoms with E-state index in [0.717, 1.165) is 18.5 Å². The lowest BCUT2D eigenvalue weighted by Crippen LogP contribution is -1.80. The minimum atomic E-state index is 0.974. The Morgan fingerprint density at radius 3 is 3.00 bits per heavy atom. The minimum Gasteiger partial charge on any atom is -0.346 e. The Bertz CT molecular complexity index is 415. The molecule has 0 aliphatic rings. The van der Waals surface area contributed by atoms with Gasteiger partial charge in [-0.25, -0.2) is 4.98 Å². The molecule has 2 aromatic rings. The second kappa shape index (κ2) is 6.02. The summed E-state index contributed by atoms with van der Waals surface area (Å²) in [6, 6.07) is 4.06. The van der Waals surface area contributed by atoms with Crippen LogP contribution in [0.15, 0.2) is 37.2 Å². The number of pyridine rings is 1. The number of nitrogens with zero attached hydrogens (tertiary/aromatic N) is 1. The molecular weight excluding hydrogens is 184 g/mol. The molecule has 0 saturated heterocycles. The fourth-order valence-corrected chi connectivity index (χ4v) is 1.48. The van der Waals surface area contributed by atoms with Crippen molar-refractivity contribution in [1.82, 2.24) is 9.97 Å². The molecule has 2 heterocycles. The first kappa shape index (κ1) is 11.5. The highest BCUT2D eigenvalue weighted by atomic mass is 14.8. The van der Waals surface area contributed by atoms with E-state index in [1.807, 2.05) is 32.2 Å². The third kappa shape index (κ3) is 2.69. The molecule has 0 bridgehead atoms. The van der Waals surface area contributed by atoms with Crippen LogP contribution in [-0.2, 0) is 6.42 Å². The van der Waals surface area contributed by atoms with E-state index in [1.165, 1.54) is 10.9 Å². The van der Waals surface area contributed by atoms with Crippen molar-refractivity contribution < 1.29 is 0 Å². The summed E-state index contributed by atoms with van der Waals surface area (Å²) in [5.74, 6) is 0. The first-order chi connectivity index (χ1) is 7.42. The van der Waals surface area contributed by atoms with Crippen LogP contribution < -0.4 is 0 Å². The summed E-state index contributed by atoms with van der Waals surface area (Å²) in [6.45, 7) is 7.71. The molecule has 0 aliphatic heterocycles. The van der Waals surface area contributed by atoms with Crippen LogP contribution in [0, 0.1) is 0 Å². The molecule has 0 aromatic carbocycles. The largest absolute Gasteiger partial charge is 0.346 e. The zero-order valence-electron chi connectivity index (χ0n) is 9.46. The zero-order valence-corrected chi connectivity index (χ0v) is 9.46. The number of allylic oxidation sites excluding steroid dienone is 1. The van der Waals surface area contributed by atoms with Crippen LogP contribution in [-0.4, -0.2) is 9.97 Å². The van der Waals surface area contributed by atoms with Crippen LogP contribution in [0.1, 0.15) is 25.8 Å². The van der Waals surface area contributed by atoms with Crippen molar-refractivity contribution >= 4 is 11.0 Å². The molecule has 0 spiro atoms. The van der Waals surface area contributed by atoms with Crippen LogP contribution >= 0.6 is 0 Å². The molecule has 2 aromatic heterocycles. The van der Waals surface area contributed by atoms with Gasteiger partial charge in [0.25, 0.3) is 0 Å². The van der Waals surface area contributed by atoms with E-state index in [-0.39, 0.29) is 0 Å². The number of aromatic nitrogens is 2. The SMILES string of the molecule is C=CCCc1c[nH]c2ncccc12.CC. The van der Waals surface area contributed by atoms with Gasteiger partial charge in [0.05, 0.1) is 0 Å². The van der Waals surface area contributed by atoms with Gasteiger partial charge in [-0.05, 0) is 30.5 Å². The van der Waals surface area contributed by atoms with Gasteiger partial charge >= 0.3 is 0 Å². The lowest BCUT2D eigenvalue weighted by atomic mass is 10.1. The molecule has 2 nitrogen and oxygen atoms in total. The van der Waals surface area contributed by atoms with Gasteiger partial charge in [-0.2, -0.15) is 0 Å². The number of nitrogens with one attached hydrogen (secondary N) is 1. The smallest absolute Gasteiger partial charge is 0.137 e. The van der Waals surface area contributed by atoms with Crippen molar-refractivity contribution in [2.24, 2.45) is 0 Å². The van der Waals surface area contributed by atoms with Crippen molar-refractivity contribution in [2.45, 2.75) is 26.7 Å². The second-order valence-corrected chi connectivity index (χ2v) is 3.04. The Hall–Kier alpha value is -1.57. The maximum atomic E-state index is 4.23. The predicted octanol–water partition coefficient (Wildman–Crippen LogP) is 3.71. The molecule has 0 radical (unpaired) electrons. The average molecular weight is 202 g/mol. The van der Waals surface area contributed by atoms with Crippen LogP contribution in [0.25, 0.3) is 11.0 Å². The normalized spacial score (nSPS) is 9.47. The third-order valence-corrected chi connectivity index (χ3v) is 2.15. The number of H-pyrrole nitrogens is 1. The predicted molar refractivity (Wildman–Crippen MR) is 66.0 cm³/mol. The monoisotopic (exact) mass is 202 g/mol. The Morgan fingerprint density at radius 1 is 1.47 bits per heavy atom. The van der Waals surface area contributed by atoms with E-state index in [1.54, 1.807) is 6.20 Å². The Kier molecular flexibility index (Phi) is 4.61. The lowest BCUT2D eigenvalue weighted by molar-refractivity contribution is 1.01. The third-order valence-electron chi connectivity index (χ3n) is 2.15. The van der Waals surface area contributed by atoms with Gasteiger partial charge in [0.2, 0.25) is 0 Å². The molecule has 0 atom stereocenters. The van der Waals surface area contributed by atoms with E-state index in [0.29, 0.717) is 0 Å². The van der Waals surface area contributed by atoms with Crippen molar-refractivity contribution in [3.63, 3.8) is 0 Å². The summed E-state index contributed by atoms with van der Waals surface area (Å²) in [4.78, 5) is 7.38. The highest BCUT2D eigenvalue weighted by Gasteiger charge is 2.01. The summed E-state index contributed by atoms with van der Waals surface area (Å²) in [7, 11) is 0. The van der Waals surface area contributed by atoms with Crippen molar-refractivity contribution in [3.05, 3.63) is 42.7 Å². The van der Waals surface area contributed by atoms with Gasteiger partial charge in [-0.1, -0.05) is 19.9 Å². The number of aryl methyl sites for hydroxylation is 1. The summed E-state index contributed by atoms with van der Waals surface area (Å²) in [5, 5.41) is 1.23. The molecule has 2 heteroatoms. The highest BCUT2D eigenvalue weighted by molar-refractivity contribution is 5.79. The summed E-state index contributed by atoms with van der Waals surface area (Å²) >= 11 is 0. The van der Waals surface area contributed by atoms with Crippen LogP contribution in [0.5, 0.6) is 0 Å². The van der Waals surface area contributed by atoms with E-state index >= 15 is 0 Å². The van der Waals surface area contributed by atoms with E-state index in [9.17, 15) is 0 Å². The maximum absolute atomic E-state index is 4.23. The first-order valence-corrected chi connectivity index (χ1v) is 5.43. The van der Waals surface area contributed by atoms with Gasteiger partial charge in [-0.15, -0.1) is 6.58 Å². The van der Waals surface area contributed by atoms with Gasteiger partial charge < -0.3 is 4.98 Å². The van der Waals surface area contributed by atoms with Crippen LogP contribution in [0.2, 0.25) is 0 Å². The number of aromatic amines is 1. The van der Waals surface area contributed by atoms with Gasteiger partial charge in [0.1, 0.15) is 5.65 Å². The number of rotatable bonds is 3. The van der Waals surface area contributed by atoms with Gasteiger partial charge in [0.15, 0.2) is 0 Å². The van der Waals surface area contributed by atoms with E-state index < -0.39 is 0 Å². The molecule has 2 rings (SSSR count). The molecule has 0 fully saturated rings. The quantitative estimate of drug-likeness (QED) is 0.755. The standard InChI is InChI=1S/C11H12N2.C2H6/c1-2-3-5-9-8-13-11-10(9)6-4-7-12-11;1-2/h2,4,6-8H,1,3,5H2,(H,12,13);1-2H3. The van der Waals surface area contributed by atoms with Crippen molar-refractivity contribution in [1.29, 1.82) is 0 Å². The summed E-state index contributed by atoms with van der Waals surface area (Å²) < 4.78 is 0. The highest BCUT2D eigenvalue weighted by Crippen LogP contribution is 2.16. The fourth-order valence-electron chi connectivity index (χ4n) is 1.48. The maximum Gasteiger partial charge on any atom is 0.137 e. The lowest BCUT2D eigenvalue weighted by Gasteiger charge is -1.93. The molecular formula is C13H18N2. The van der Waals surface area contributed by atoms with Gasteiger partial charge in [-0.3, -0.25) is 0 Å². The molecule has 0 aliphatic carbocycles. The average Bonchev–Trinajstić information content (AvgIpc) is 2.72. The van der Waals surface area contributed by atoms with E-state index in [2.05, 4.69) is 22.6 Å². The second-order valence-electron chi connectivity index (χ2n) is 3.04. The van der Waals surface area contributed by atoms with E-state index in [4.69, 9.17) is 0 Å². The van der Waals surface area contributed by atoms with Crippen molar-refractivity contribution in [2.75, 3.05) is 0 Å². The summed E-state index contributed by atoms with van der Waals surface area (Å²) in [6.07, 6.45) is 7.82. The Balaban J connectivity index is 0.000000531. The zero-order chi connectivity index (χ0) is 11.1. The molecule has 0 saturated carbocycles. The number of fused-ring (bicyclic) bond motifs is 1. The Morgan fingerprint density at radius 2 is 2.27 bits per heavy atom. The van der Waals surface area contributed by atoms with Crippen LogP contribution in [0.4, 0.5) is 0 Å². The summed E-state index contributed by atoms with van der Waals surface area (Å²) in [5.41, 5.74) is 2.30. The molecule has 15 heavy (non-hydrogen) atoms. The topological polar surface area (TPSA) is 28.7 Å². The fraction of sp³-hybridized carbons (Fsp3) is 0.308.